The molecule has 1 amide bonds. The van der Waals surface area contributed by atoms with Crippen LogP contribution in [0.4, 0.5) is 4.79 Å². The van der Waals surface area contributed by atoms with Gasteiger partial charge in [0.25, 0.3) is 0 Å². The maximum Gasteiger partial charge on any atom is 0.488 e. The first-order chi connectivity index (χ1) is 12.2. The molecule has 0 aliphatic carbocycles. The van der Waals surface area contributed by atoms with Crippen LogP contribution in [0.1, 0.15) is 52.5 Å². The van der Waals surface area contributed by atoms with Gasteiger partial charge in [-0.3, -0.25) is 0 Å². The maximum absolute atomic E-state index is 12.5. The van der Waals surface area contributed by atoms with E-state index in [1.807, 2.05) is 39.8 Å². The van der Waals surface area contributed by atoms with Gasteiger partial charge >= 0.3 is 13.2 Å². The lowest BCUT2D eigenvalue weighted by molar-refractivity contribution is -0.0406. The van der Waals surface area contributed by atoms with Crippen LogP contribution in [0.15, 0.2) is 24.3 Å². The van der Waals surface area contributed by atoms with Crippen LogP contribution in [0.2, 0.25) is 0 Å². The molecule has 6 nitrogen and oxygen atoms in total. The molecule has 2 atom stereocenters. The number of ether oxygens (including phenoxy) is 2. The summed E-state index contributed by atoms with van der Waals surface area (Å²) in [7, 11) is -1.46. The molecular formula is C19H30BNO5. The lowest BCUT2D eigenvalue weighted by atomic mass is 9.80. The van der Waals surface area contributed by atoms with E-state index >= 15 is 0 Å². The Kier molecular flexibility index (Phi) is 7.09. The number of benzene rings is 1. The number of hydrogen-bond acceptors (Lipinski definition) is 5. The standard InChI is InChI=1S/C19H30BNO5/c1-14(25-13-15-8-10-16(11-9-15)20(23)24)17-7-5-6-12-21(17)18(22)26-19(2,3)4/h8-11,14,17,23-24H,5-7,12-13H2,1-4H3. The van der Waals surface area contributed by atoms with E-state index < -0.39 is 12.7 Å². The first kappa shape index (κ1) is 20.7. The fourth-order valence-electron chi connectivity index (χ4n) is 3.12. The lowest BCUT2D eigenvalue weighted by Gasteiger charge is -2.39. The zero-order valence-corrected chi connectivity index (χ0v) is 16.1. The molecule has 7 heteroatoms. The molecule has 1 aromatic carbocycles. The molecule has 1 aliphatic rings. The van der Waals surface area contributed by atoms with Gasteiger partial charge < -0.3 is 24.4 Å². The number of likely N-dealkylation sites (tertiary alicyclic amines) is 1. The van der Waals surface area contributed by atoms with Crippen LogP contribution in [-0.2, 0) is 16.1 Å². The van der Waals surface area contributed by atoms with Gasteiger partial charge in [-0.25, -0.2) is 4.79 Å². The summed E-state index contributed by atoms with van der Waals surface area (Å²) >= 11 is 0. The van der Waals surface area contributed by atoms with E-state index in [1.165, 1.54) is 0 Å². The van der Waals surface area contributed by atoms with Crippen LogP contribution in [0.3, 0.4) is 0 Å². The molecule has 0 radical (unpaired) electrons. The predicted molar refractivity (Wildman–Crippen MR) is 101 cm³/mol. The summed E-state index contributed by atoms with van der Waals surface area (Å²) in [5.74, 6) is 0. The van der Waals surface area contributed by atoms with Crippen LogP contribution in [0.25, 0.3) is 0 Å². The minimum Gasteiger partial charge on any atom is -0.444 e. The SMILES string of the molecule is CC(OCc1ccc(B(O)O)cc1)C1CCCCN1C(=O)OC(C)(C)C. The number of nitrogens with zero attached hydrogens (tertiary/aromatic N) is 1. The van der Waals surface area contributed by atoms with Crippen molar-refractivity contribution in [3.05, 3.63) is 29.8 Å². The molecule has 1 fully saturated rings. The number of amides is 1. The summed E-state index contributed by atoms with van der Waals surface area (Å²) in [6.45, 7) is 8.70. The molecule has 1 aromatic rings. The molecule has 2 unspecified atom stereocenters. The van der Waals surface area contributed by atoms with Crippen molar-refractivity contribution in [1.29, 1.82) is 0 Å². The number of carbonyl (C=O) groups is 1. The third-order valence-corrected chi connectivity index (χ3v) is 4.51. The van der Waals surface area contributed by atoms with Gasteiger partial charge in [0.05, 0.1) is 18.8 Å². The first-order valence-electron chi connectivity index (χ1n) is 9.23. The van der Waals surface area contributed by atoms with Crippen molar-refractivity contribution in [2.45, 2.75) is 71.3 Å². The summed E-state index contributed by atoms with van der Waals surface area (Å²) in [4.78, 5) is 14.3. The summed E-state index contributed by atoms with van der Waals surface area (Å²) in [6, 6.07) is 6.96. The van der Waals surface area contributed by atoms with Gasteiger partial charge in [0.1, 0.15) is 5.60 Å². The van der Waals surface area contributed by atoms with E-state index in [2.05, 4.69) is 0 Å². The molecule has 2 N–H and O–H groups in total. The summed E-state index contributed by atoms with van der Waals surface area (Å²) < 4.78 is 11.5. The van der Waals surface area contributed by atoms with Crippen LogP contribution < -0.4 is 5.46 Å². The van der Waals surface area contributed by atoms with Crippen molar-refractivity contribution in [1.82, 2.24) is 4.90 Å². The second-order valence-electron chi connectivity index (χ2n) is 7.87. The Balaban J connectivity index is 1.95. The fourth-order valence-corrected chi connectivity index (χ4v) is 3.12. The molecule has 0 spiro atoms. The van der Waals surface area contributed by atoms with Gasteiger partial charge in [-0.05, 0) is 58.0 Å². The number of hydrogen-bond donors (Lipinski definition) is 2. The third kappa shape index (κ3) is 6.00. The van der Waals surface area contributed by atoms with E-state index in [0.29, 0.717) is 18.6 Å². The molecule has 0 aromatic heterocycles. The topological polar surface area (TPSA) is 79.2 Å². The van der Waals surface area contributed by atoms with Crippen LogP contribution >= 0.6 is 0 Å². The Morgan fingerprint density at radius 3 is 2.50 bits per heavy atom. The van der Waals surface area contributed by atoms with Crippen LogP contribution in [0, 0.1) is 0 Å². The van der Waals surface area contributed by atoms with Gasteiger partial charge in [-0.15, -0.1) is 0 Å². The van der Waals surface area contributed by atoms with Gasteiger partial charge in [0.2, 0.25) is 0 Å². The minimum absolute atomic E-state index is 0.00265. The number of carbonyl (C=O) groups excluding carboxylic acids is 1. The minimum atomic E-state index is -1.46. The van der Waals surface area contributed by atoms with Crippen molar-refractivity contribution in [3.8, 4) is 0 Å². The monoisotopic (exact) mass is 363 g/mol. The Labute approximate surface area is 156 Å². The lowest BCUT2D eigenvalue weighted by Crippen LogP contribution is -2.51. The number of rotatable bonds is 5. The summed E-state index contributed by atoms with van der Waals surface area (Å²) in [6.07, 6.45) is 2.55. The predicted octanol–water partition coefficient (Wildman–Crippen LogP) is 2.06. The Morgan fingerprint density at radius 1 is 1.27 bits per heavy atom. The number of piperidine rings is 1. The zero-order chi connectivity index (χ0) is 19.3. The van der Waals surface area contributed by atoms with Gasteiger partial charge in [0.15, 0.2) is 0 Å². The van der Waals surface area contributed by atoms with Crippen LogP contribution in [-0.4, -0.2) is 52.5 Å². The molecule has 1 aliphatic heterocycles. The van der Waals surface area contributed by atoms with Gasteiger partial charge in [-0.1, -0.05) is 24.3 Å². The summed E-state index contributed by atoms with van der Waals surface area (Å²) in [5.41, 5.74) is 0.883. The maximum atomic E-state index is 12.5. The highest BCUT2D eigenvalue weighted by Gasteiger charge is 2.34. The normalized spacial score (nSPS) is 19.2. The van der Waals surface area contributed by atoms with Crippen molar-refractivity contribution in [2.75, 3.05) is 6.54 Å². The van der Waals surface area contributed by atoms with E-state index in [-0.39, 0.29) is 18.2 Å². The quantitative estimate of drug-likeness (QED) is 0.783. The largest absolute Gasteiger partial charge is 0.488 e. The van der Waals surface area contributed by atoms with Crippen molar-refractivity contribution < 1.29 is 24.3 Å². The summed E-state index contributed by atoms with van der Waals surface area (Å²) in [5, 5.41) is 18.3. The van der Waals surface area contributed by atoms with Crippen molar-refractivity contribution in [3.63, 3.8) is 0 Å². The van der Waals surface area contributed by atoms with Crippen molar-refractivity contribution >= 4 is 18.7 Å². The zero-order valence-electron chi connectivity index (χ0n) is 16.1. The second-order valence-corrected chi connectivity index (χ2v) is 7.87. The highest BCUT2D eigenvalue weighted by molar-refractivity contribution is 6.58. The first-order valence-corrected chi connectivity index (χ1v) is 9.23. The van der Waals surface area contributed by atoms with Crippen molar-refractivity contribution in [2.24, 2.45) is 0 Å². The fraction of sp³-hybridized carbons (Fsp3) is 0.632. The Hall–Kier alpha value is -1.57. The van der Waals surface area contributed by atoms with Gasteiger partial charge in [0, 0.05) is 6.54 Å². The molecule has 0 bridgehead atoms. The molecule has 26 heavy (non-hydrogen) atoms. The molecule has 1 saturated heterocycles. The second kappa shape index (κ2) is 8.89. The highest BCUT2D eigenvalue weighted by atomic mass is 16.6. The van der Waals surface area contributed by atoms with Crippen LogP contribution in [0.5, 0.6) is 0 Å². The van der Waals surface area contributed by atoms with E-state index in [1.54, 1.807) is 17.0 Å². The third-order valence-electron chi connectivity index (χ3n) is 4.51. The average molecular weight is 363 g/mol. The van der Waals surface area contributed by atoms with E-state index in [0.717, 1.165) is 24.8 Å². The highest BCUT2D eigenvalue weighted by Crippen LogP contribution is 2.24. The molecule has 1 heterocycles. The molecule has 0 saturated carbocycles. The smallest absolute Gasteiger partial charge is 0.444 e. The van der Waals surface area contributed by atoms with E-state index in [4.69, 9.17) is 19.5 Å². The van der Waals surface area contributed by atoms with E-state index in [9.17, 15) is 4.79 Å². The molecule has 2 rings (SSSR count). The van der Waals surface area contributed by atoms with Gasteiger partial charge in [-0.2, -0.15) is 0 Å². The molecular weight excluding hydrogens is 333 g/mol. The molecule has 144 valence electrons. The Morgan fingerprint density at radius 2 is 1.92 bits per heavy atom. The Bertz CT molecular complexity index is 585. The average Bonchev–Trinajstić information content (AvgIpc) is 2.58.